The molecule has 0 fully saturated rings. The van der Waals surface area contributed by atoms with Crippen LogP contribution in [-0.4, -0.2) is 37.2 Å². The van der Waals surface area contributed by atoms with Crippen LogP contribution in [0.4, 0.5) is 0 Å². The second kappa shape index (κ2) is 7.71. The quantitative estimate of drug-likeness (QED) is 0.516. The van der Waals surface area contributed by atoms with Gasteiger partial charge < -0.3 is 9.88 Å². The van der Waals surface area contributed by atoms with Gasteiger partial charge in [-0.2, -0.15) is 0 Å². The van der Waals surface area contributed by atoms with Crippen LogP contribution in [-0.2, 0) is 11.3 Å². The molecule has 2 aromatic carbocycles. The van der Waals surface area contributed by atoms with E-state index >= 15 is 0 Å². The van der Waals surface area contributed by atoms with Gasteiger partial charge in [0.1, 0.15) is 6.33 Å². The minimum Gasteiger partial charge on any atom is -0.352 e. The third-order valence-electron chi connectivity index (χ3n) is 4.38. The molecule has 0 saturated heterocycles. The lowest BCUT2D eigenvalue weighted by Gasteiger charge is -2.17. The number of halogens is 1. The molecule has 0 aliphatic heterocycles. The number of aromatic nitrogens is 5. The van der Waals surface area contributed by atoms with Crippen molar-refractivity contribution >= 4 is 32.7 Å². The molecule has 1 N–H and O–H groups in total. The van der Waals surface area contributed by atoms with Crippen LogP contribution in [0.25, 0.3) is 10.9 Å². The topological polar surface area (TPSA) is 77.6 Å². The molecular formula is C19H17BrN6O. The van der Waals surface area contributed by atoms with Crippen molar-refractivity contribution in [1.82, 2.24) is 30.1 Å². The van der Waals surface area contributed by atoms with Gasteiger partial charge in [0.15, 0.2) is 6.04 Å². The van der Waals surface area contributed by atoms with Crippen molar-refractivity contribution in [1.29, 1.82) is 0 Å². The van der Waals surface area contributed by atoms with Gasteiger partial charge >= 0.3 is 0 Å². The monoisotopic (exact) mass is 424 g/mol. The van der Waals surface area contributed by atoms with Crippen LogP contribution < -0.4 is 5.32 Å². The van der Waals surface area contributed by atoms with Crippen molar-refractivity contribution in [2.75, 3.05) is 6.54 Å². The first-order valence-corrected chi connectivity index (χ1v) is 9.31. The number of nitrogens with zero attached hydrogens (tertiary/aromatic N) is 5. The van der Waals surface area contributed by atoms with Crippen LogP contribution in [0.15, 0.2) is 71.6 Å². The van der Waals surface area contributed by atoms with E-state index in [4.69, 9.17) is 0 Å². The lowest BCUT2D eigenvalue weighted by molar-refractivity contribution is -0.123. The van der Waals surface area contributed by atoms with Crippen molar-refractivity contribution in [3.05, 3.63) is 77.2 Å². The van der Waals surface area contributed by atoms with Gasteiger partial charge in [0, 0.05) is 34.7 Å². The lowest BCUT2D eigenvalue weighted by Crippen LogP contribution is -2.35. The number of hydrogen-bond acceptors (Lipinski definition) is 4. The molecule has 8 heteroatoms. The molecule has 0 radical (unpaired) electrons. The maximum atomic E-state index is 12.8. The molecule has 4 aromatic rings. The van der Waals surface area contributed by atoms with E-state index in [1.807, 2.05) is 42.6 Å². The maximum absolute atomic E-state index is 12.8. The first kappa shape index (κ1) is 17.4. The Morgan fingerprint density at radius 3 is 2.78 bits per heavy atom. The SMILES string of the molecule is O=C(NCCn1ccc2cc(Br)ccc21)C(c1ccccc1)n1cnnn1. The number of hydrogen-bond donors (Lipinski definition) is 1. The first-order valence-electron chi connectivity index (χ1n) is 8.52. The number of amides is 1. The van der Waals surface area contributed by atoms with Gasteiger partial charge in [-0.3, -0.25) is 4.79 Å². The molecule has 0 aliphatic rings. The summed E-state index contributed by atoms with van der Waals surface area (Å²) < 4.78 is 4.64. The number of carbonyl (C=O) groups excluding carboxylic acids is 1. The highest BCUT2D eigenvalue weighted by Crippen LogP contribution is 2.21. The van der Waals surface area contributed by atoms with Crippen molar-refractivity contribution in [2.45, 2.75) is 12.6 Å². The van der Waals surface area contributed by atoms with E-state index < -0.39 is 6.04 Å². The minimum atomic E-state index is -0.599. The summed E-state index contributed by atoms with van der Waals surface area (Å²) in [5.41, 5.74) is 1.96. The Bertz CT molecular complexity index is 1040. The smallest absolute Gasteiger partial charge is 0.249 e. The highest BCUT2D eigenvalue weighted by molar-refractivity contribution is 9.10. The molecule has 136 valence electrons. The van der Waals surface area contributed by atoms with E-state index in [2.05, 4.69) is 59.5 Å². The van der Waals surface area contributed by atoms with E-state index in [0.29, 0.717) is 13.1 Å². The van der Waals surface area contributed by atoms with Gasteiger partial charge in [0.2, 0.25) is 5.91 Å². The predicted molar refractivity (Wildman–Crippen MR) is 105 cm³/mol. The van der Waals surface area contributed by atoms with Crippen LogP contribution >= 0.6 is 15.9 Å². The van der Waals surface area contributed by atoms with Crippen molar-refractivity contribution < 1.29 is 4.79 Å². The predicted octanol–water partition coefficient (Wildman–Crippen LogP) is 2.80. The van der Waals surface area contributed by atoms with Crippen LogP contribution in [0.2, 0.25) is 0 Å². The fourth-order valence-corrected chi connectivity index (χ4v) is 3.49. The summed E-state index contributed by atoms with van der Waals surface area (Å²) in [5, 5.41) is 15.4. The first-order chi connectivity index (χ1) is 13.2. The maximum Gasteiger partial charge on any atom is 0.249 e. The molecule has 2 heterocycles. The summed E-state index contributed by atoms with van der Waals surface area (Å²) in [6.45, 7) is 1.18. The van der Waals surface area contributed by atoms with Crippen molar-refractivity contribution in [2.24, 2.45) is 0 Å². The van der Waals surface area contributed by atoms with Crippen molar-refractivity contribution in [3.63, 3.8) is 0 Å². The molecule has 2 aromatic heterocycles. The zero-order valence-electron chi connectivity index (χ0n) is 14.4. The average molecular weight is 425 g/mol. The molecule has 4 rings (SSSR count). The standard InChI is InChI=1S/C19H17BrN6O/c20-16-6-7-17-15(12-16)8-10-25(17)11-9-21-19(27)18(26-13-22-23-24-26)14-4-2-1-3-5-14/h1-8,10,12-13,18H,9,11H2,(H,21,27). The molecule has 1 amide bonds. The molecular weight excluding hydrogens is 408 g/mol. The van der Waals surface area contributed by atoms with Gasteiger partial charge in [0.05, 0.1) is 0 Å². The highest BCUT2D eigenvalue weighted by atomic mass is 79.9. The molecule has 0 aliphatic carbocycles. The average Bonchev–Trinajstić information content (AvgIpc) is 3.33. The molecule has 0 saturated carbocycles. The van der Waals surface area contributed by atoms with Gasteiger partial charge in [0.25, 0.3) is 0 Å². The van der Waals surface area contributed by atoms with E-state index in [9.17, 15) is 4.79 Å². The van der Waals surface area contributed by atoms with E-state index in [1.165, 1.54) is 11.0 Å². The number of benzene rings is 2. The van der Waals surface area contributed by atoms with Crippen LogP contribution in [0, 0.1) is 0 Å². The number of tetrazole rings is 1. The van der Waals surface area contributed by atoms with E-state index in [1.54, 1.807) is 0 Å². The van der Waals surface area contributed by atoms with Gasteiger partial charge in [-0.15, -0.1) is 5.10 Å². The Hall–Kier alpha value is -3.00. The zero-order chi connectivity index (χ0) is 18.6. The molecule has 1 atom stereocenters. The Morgan fingerprint density at radius 1 is 1.15 bits per heavy atom. The summed E-state index contributed by atoms with van der Waals surface area (Å²) in [6, 6.07) is 17.1. The molecule has 0 bridgehead atoms. The van der Waals surface area contributed by atoms with Crippen molar-refractivity contribution in [3.8, 4) is 0 Å². The number of fused-ring (bicyclic) bond motifs is 1. The van der Waals surface area contributed by atoms with Crippen LogP contribution in [0.1, 0.15) is 11.6 Å². The fourth-order valence-electron chi connectivity index (χ4n) is 3.11. The largest absolute Gasteiger partial charge is 0.352 e. The number of nitrogens with one attached hydrogen (secondary N) is 1. The third kappa shape index (κ3) is 3.75. The summed E-state index contributed by atoms with van der Waals surface area (Å²) >= 11 is 3.49. The Balaban J connectivity index is 1.47. The lowest BCUT2D eigenvalue weighted by atomic mass is 10.1. The Kier molecular flexibility index (Phi) is 4.97. The highest BCUT2D eigenvalue weighted by Gasteiger charge is 2.23. The Morgan fingerprint density at radius 2 is 2.00 bits per heavy atom. The third-order valence-corrected chi connectivity index (χ3v) is 4.87. The zero-order valence-corrected chi connectivity index (χ0v) is 16.0. The normalized spacial score (nSPS) is 12.2. The molecule has 7 nitrogen and oxygen atoms in total. The molecule has 1 unspecified atom stereocenters. The molecule has 27 heavy (non-hydrogen) atoms. The summed E-state index contributed by atoms with van der Waals surface area (Å²) in [4.78, 5) is 12.8. The second-order valence-electron chi connectivity index (χ2n) is 6.11. The van der Waals surface area contributed by atoms with E-state index in [-0.39, 0.29) is 5.91 Å². The Labute approximate surface area is 164 Å². The number of rotatable bonds is 6. The van der Waals surface area contributed by atoms with Crippen LogP contribution in [0.5, 0.6) is 0 Å². The summed E-state index contributed by atoms with van der Waals surface area (Å²) in [6.07, 6.45) is 3.48. The van der Waals surface area contributed by atoms with Crippen LogP contribution in [0.3, 0.4) is 0 Å². The fraction of sp³-hybridized carbons (Fsp3) is 0.158. The second-order valence-corrected chi connectivity index (χ2v) is 7.02. The summed E-state index contributed by atoms with van der Waals surface area (Å²) in [7, 11) is 0. The number of carbonyl (C=O) groups is 1. The van der Waals surface area contributed by atoms with E-state index in [0.717, 1.165) is 20.9 Å². The van der Waals surface area contributed by atoms with Gasteiger partial charge in [-0.05, 0) is 40.3 Å². The molecule has 0 spiro atoms. The van der Waals surface area contributed by atoms with Gasteiger partial charge in [-0.25, -0.2) is 4.68 Å². The summed E-state index contributed by atoms with van der Waals surface area (Å²) in [5.74, 6) is -0.146. The van der Waals surface area contributed by atoms with Gasteiger partial charge in [-0.1, -0.05) is 46.3 Å². The minimum absolute atomic E-state index is 0.146.